The zero-order valence-electron chi connectivity index (χ0n) is 17.3. The largest absolute Gasteiger partial charge is 0.305 e. The number of nitrogens with zero attached hydrogens (tertiary/aromatic N) is 2. The first-order valence-electron chi connectivity index (χ1n) is 9.39. The Morgan fingerprint density at radius 2 is 1.60 bits per heavy atom. The molecular formula is C22H24N4O3S. The lowest BCUT2D eigenvalue weighted by Gasteiger charge is -2.20. The number of aromatic nitrogens is 2. The van der Waals surface area contributed by atoms with Crippen LogP contribution in [0.5, 0.6) is 0 Å². The van der Waals surface area contributed by atoms with Crippen molar-refractivity contribution < 1.29 is 13.2 Å². The fourth-order valence-corrected chi connectivity index (χ4v) is 3.33. The van der Waals surface area contributed by atoms with Gasteiger partial charge in [-0.3, -0.25) is 14.5 Å². The summed E-state index contributed by atoms with van der Waals surface area (Å²) in [6.45, 7) is 6.84. The number of aryl methyl sites for hydroxylation is 1. The molecule has 2 N–H and O–H groups in total. The number of nitrogens with one attached hydrogen (secondary N) is 2. The highest BCUT2D eigenvalue weighted by molar-refractivity contribution is 7.94. The minimum Gasteiger partial charge on any atom is -0.305 e. The van der Waals surface area contributed by atoms with Crippen LogP contribution in [0.25, 0.3) is 11.3 Å². The molecule has 0 aliphatic carbocycles. The molecular weight excluding hydrogens is 400 g/mol. The van der Waals surface area contributed by atoms with Gasteiger partial charge >= 0.3 is 0 Å². The summed E-state index contributed by atoms with van der Waals surface area (Å²) in [6.07, 6.45) is 3.12. The van der Waals surface area contributed by atoms with E-state index in [-0.39, 0.29) is 5.91 Å². The predicted octanol–water partition coefficient (Wildman–Crippen LogP) is 4.24. The van der Waals surface area contributed by atoms with Gasteiger partial charge in [0.15, 0.2) is 5.82 Å². The van der Waals surface area contributed by atoms with Gasteiger partial charge in [0.25, 0.3) is 5.91 Å². The first-order valence-corrected chi connectivity index (χ1v) is 10.9. The Bertz CT molecular complexity index is 1150. The van der Waals surface area contributed by atoms with Crippen LogP contribution in [0.3, 0.4) is 0 Å². The van der Waals surface area contributed by atoms with Gasteiger partial charge in [-0.25, -0.2) is 13.4 Å². The van der Waals surface area contributed by atoms with Gasteiger partial charge < -0.3 is 5.32 Å². The Hall–Kier alpha value is -3.26. The lowest BCUT2D eigenvalue weighted by atomic mass is 10.1. The Balaban J connectivity index is 1.68. The molecule has 2 aromatic carbocycles. The summed E-state index contributed by atoms with van der Waals surface area (Å²) < 4.78 is 26.0. The van der Waals surface area contributed by atoms with E-state index in [1.165, 1.54) is 6.20 Å². The van der Waals surface area contributed by atoms with Crippen LogP contribution >= 0.6 is 0 Å². The summed E-state index contributed by atoms with van der Waals surface area (Å²) in [7, 11) is -3.53. The van der Waals surface area contributed by atoms with Crippen molar-refractivity contribution in [3.63, 3.8) is 0 Å². The minimum absolute atomic E-state index is 0.329. The molecule has 0 saturated heterocycles. The van der Waals surface area contributed by atoms with Crippen LogP contribution in [0.1, 0.15) is 36.7 Å². The number of rotatable bonds is 5. The zero-order chi connectivity index (χ0) is 21.9. The highest BCUT2D eigenvalue weighted by Gasteiger charge is 2.28. The standard InChI is InChI=1S/C22H24N4O3S/c1-15-7-5-6-8-18(15)19-13-24-20(14-23-19)25-21(27)16-9-11-17(12-10-16)26-30(28,29)22(2,3)4/h5-14,26H,1-4H3,(H,24,25,27). The molecule has 0 unspecified atom stereocenters. The smallest absolute Gasteiger partial charge is 0.256 e. The highest BCUT2D eigenvalue weighted by atomic mass is 32.2. The molecule has 7 nitrogen and oxygen atoms in total. The Kier molecular flexibility index (Phi) is 5.89. The second-order valence-corrected chi connectivity index (χ2v) is 10.3. The van der Waals surface area contributed by atoms with E-state index in [0.717, 1.165) is 16.8 Å². The monoisotopic (exact) mass is 424 g/mol. The highest BCUT2D eigenvalue weighted by Crippen LogP contribution is 2.22. The van der Waals surface area contributed by atoms with Crippen LogP contribution in [0, 0.1) is 6.92 Å². The number of hydrogen-bond donors (Lipinski definition) is 2. The van der Waals surface area contributed by atoms with Crippen LogP contribution in [-0.4, -0.2) is 29.0 Å². The van der Waals surface area contributed by atoms with E-state index in [4.69, 9.17) is 0 Å². The van der Waals surface area contributed by atoms with Crippen molar-refractivity contribution in [3.8, 4) is 11.3 Å². The molecule has 0 aliphatic rings. The number of benzene rings is 2. The average molecular weight is 425 g/mol. The van der Waals surface area contributed by atoms with Crippen molar-refractivity contribution in [3.05, 3.63) is 72.1 Å². The van der Waals surface area contributed by atoms with Crippen LogP contribution in [0.2, 0.25) is 0 Å². The minimum atomic E-state index is -3.53. The first kappa shape index (κ1) is 21.4. The fraction of sp³-hybridized carbons (Fsp3) is 0.227. The van der Waals surface area contributed by atoms with E-state index in [0.29, 0.717) is 17.1 Å². The number of anilines is 2. The number of sulfonamides is 1. The third kappa shape index (κ3) is 4.83. The van der Waals surface area contributed by atoms with E-state index in [2.05, 4.69) is 20.0 Å². The van der Waals surface area contributed by atoms with Crippen LogP contribution in [0.15, 0.2) is 60.9 Å². The molecule has 1 aromatic heterocycles. The third-order valence-corrected chi connectivity index (χ3v) is 6.64. The molecule has 30 heavy (non-hydrogen) atoms. The molecule has 1 amide bonds. The number of amides is 1. The summed E-state index contributed by atoms with van der Waals surface area (Å²) in [6, 6.07) is 14.0. The topological polar surface area (TPSA) is 101 Å². The van der Waals surface area contributed by atoms with Crippen LogP contribution in [0.4, 0.5) is 11.5 Å². The van der Waals surface area contributed by atoms with Gasteiger partial charge in [-0.2, -0.15) is 0 Å². The zero-order valence-corrected chi connectivity index (χ0v) is 18.1. The van der Waals surface area contributed by atoms with Gasteiger partial charge in [0.05, 0.1) is 22.8 Å². The maximum absolute atomic E-state index is 12.5. The molecule has 3 aromatic rings. The summed E-state index contributed by atoms with van der Waals surface area (Å²) in [5.74, 6) is -0.0342. The molecule has 1 heterocycles. The molecule has 0 atom stereocenters. The Labute approximate surface area is 176 Å². The van der Waals surface area contributed by atoms with Crippen molar-refractivity contribution in [2.24, 2.45) is 0 Å². The van der Waals surface area contributed by atoms with E-state index in [1.54, 1.807) is 51.2 Å². The number of carbonyl (C=O) groups excluding carboxylic acids is 1. The summed E-state index contributed by atoms with van der Waals surface area (Å²) in [5, 5.41) is 2.69. The molecule has 0 radical (unpaired) electrons. The lowest BCUT2D eigenvalue weighted by molar-refractivity contribution is 0.102. The van der Waals surface area contributed by atoms with Crippen molar-refractivity contribution in [1.29, 1.82) is 0 Å². The summed E-state index contributed by atoms with van der Waals surface area (Å²) in [4.78, 5) is 21.1. The molecule has 0 saturated carbocycles. The van der Waals surface area contributed by atoms with E-state index in [1.807, 2.05) is 31.2 Å². The number of hydrogen-bond acceptors (Lipinski definition) is 5. The van der Waals surface area contributed by atoms with Gasteiger partial charge in [-0.15, -0.1) is 0 Å². The predicted molar refractivity (Wildman–Crippen MR) is 119 cm³/mol. The summed E-state index contributed by atoms with van der Waals surface area (Å²) in [5.41, 5.74) is 3.56. The Morgan fingerprint density at radius 3 is 2.17 bits per heavy atom. The van der Waals surface area contributed by atoms with Gasteiger partial charge in [-0.1, -0.05) is 24.3 Å². The van der Waals surface area contributed by atoms with Crippen molar-refractivity contribution >= 4 is 27.4 Å². The second kappa shape index (κ2) is 8.23. The summed E-state index contributed by atoms with van der Waals surface area (Å²) >= 11 is 0. The van der Waals surface area contributed by atoms with Crippen molar-refractivity contribution in [1.82, 2.24) is 9.97 Å². The maximum Gasteiger partial charge on any atom is 0.256 e. The SMILES string of the molecule is Cc1ccccc1-c1cnc(NC(=O)c2ccc(NS(=O)(=O)C(C)(C)C)cc2)cn1. The quantitative estimate of drug-likeness (QED) is 0.638. The lowest BCUT2D eigenvalue weighted by Crippen LogP contribution is -2.33. The maximum atomic E-state index is 12.5. The van der Waals surface area contributed by atoms with E-state index < -0.39 is 14.8 Å². The van der Waals surface area contributed by atoms with Crippen molar-refractivity contribution in [2.75, 3.05) is 10.0 Å². The Morgan fingerprint density at radius 1 is 0.933 bits per heavy atom. The van der Waals surface area contributed by atoms with Crippen molar-refractivity contribution in [2.45, 2.75) is 32.4 Å². The molecule has 156 valence electrons. The van der Waals surface area contributed by atoms with Gasteiger partial charge in [-0.05, 0) is 57.5 Å². The van der Waals surface area contributed by atoms with Gasteiger partial charge in [0, 0.05) is 16.8 Å². The van der Waals surface area contributed by atoms with Crippen LogP contribution < -0.4 is 10.0 Å². The number of carbonyl (C=O) groups is 1. The molecule has 3 rings (SSSR count). The molecule has 0 bridgehead atoms. The van der Waals surface area contributed by atoms with Gasteiger partial charge in [0.1, 0.15) is 0 Å². The average Bonchev–Trinajstić information content (AvgIpc) is 2.68. The molecule has 0 aliphatic heterocycles. The molecule has 0 spiro atoms. The molecule has 0 fully saturated rings. The second-order valence-electron chi connectivity index (χ2n) is 7.85. The normalized spacial score (nSPS) is 11.7. The van der Waals surface area contributed by atoms with Crippen LogP contribution in [-0.2, 0) is 10.0 Å². The molecule has 8 heteroatoms. The third-order valence-electron chi connectivity index (χ3n) is 4.52. The first-order chi connectivity index (χ1) is 14.1. The van der Waals surface area contributed by atoms with Gasteiger partial charge in [0.2, 0.25) is 10.0 Å². The van der Waals surface area contributed by atoms with E-state index >= 15 is 0 Å². The fourth-order valence-electron chi connectivity index (χ4n) is 2.58. The van der Waals surface area contributed by atoms with E-state index in [9.17, 15) is 13.2 Å².